The Hall–Kier alpha value is -2.74. The highest BCUT2D eigenvalue weighted by Gasteiger charge is 2.10. The van der Waals surface area contributed by atoms with Crippen LogP contribution in [0.5, 0.6) is 0 Å². The lowest BCUT2D eigenvalue weighted by atomic mass is 10.0. The van der Waals surface area contributed by atoms with Gasteiger partial charge in [0.1, 0.15) is 0 Å². The molecule has 0 unspecified atom stereocenters. The Labute approximate surface area is 329 Å². The summed E-state index contributed by atoms with van der Waals surface area (Å²) in [5, 5.41) is 0. The number of rotatable bonds is 33. The van der Waals surface area contributed by atoms with Gasteiger partial charge in [-0.15, -0.1) is 0 Å². The van der Waals surface area contributed by atoms with Crippen molar-refractivity contribution in [1.29, 1.82) is 0 Å². The van der Waals surface area contributed by atoms with Crippen LogP contribution in [0.25, 0.3) is 6.08 Å². The Bertz CT molecular complexity index is 1270. The Kier molecular flexibility index (Phi) is 28.6. The van der Waals surface area contributed by atoms with Gasteiger partial charge in [-0.2, -0.15) is 0 Å². The predicted molar refractivity (Wildman–Crippen MR) is 241 cm³/mol. The second-order valence-electron chi connectivity index (χ2n) is 15.6. The topological polar surface area (TPSA) is 24.7 Å². The second-order valence-corrected chi connectivity index (χ2v) is 15.6. The Balaban J connectivity index is 1.80. The van der Waals surface area contributed by atoms with Gasteiger partial charge in [-0.3, -0.25) is 4.99 Å². The van der Waals surface area contributed by atoms with Crippen LogP contribution >= 0.6 is 0 Å². The fraction of sp³-hybridized carbons (Fsp3) is 0.647. The highest BCUT2D eigenvalue weighted by Crippen LogP contribution is 2.24. The van der Waals surface area contributed by atoms with Gasteiger partial charge in [-0.25, -0.2) is 4.99 Å². The van der Waals surface area contributed by atoms with Gasteiger partial charge >= 0.3 is 0 Å². The van der Waals surface area contributed by atoms with E-state index < -0.39 is 0 Å². The molecule has 2 aromatic carbocycles. The first kappa shape index (κ1) is 46.4. The first-order chi connectivity index (χ1) is 26.1. The van der Waals surface area contributed by atoms with Crippen LogP contribution in [-0.2, 0) is 12.8 Å². The molecule has 0 saturated heterocycles. The third-order valence-corrected chi connectivity index (χ3v) is 10.4. The molecule has 0 fully saturated rings. The minimum atomic E-state index is 0.934. The number of nitrogens with zero attached hydrogens (tertiary/aromatic N) is 2. The summed E-state index contributed by atoms with van der Waals surface area (Å²) in [6, 6.07) is 15.7. The van der Waals surface area contributed by atoms with Crippen LogP contribution in [0.3, 0.4) is 0 Å². The van der Waals surface area contributed by atoms with E-state index in [1.54, 1.807) is 0 Å². The first-order valence-corrected chi connectivity index (χ1v) is 22.9. The number of aliphatic imine (C=N–C) groups is 2. The minimum Gasteiger partial charge on any atom is -0.251 e. The standard InChI is InChI=1S/C51H82N2/c1-6-11-14-15-16-17-18-19-20-21-22-23-24-25-26-27-28-29-30-31-32-36-45-37-33-38-48(42-45)52-50(39-12-7-2)51(40-13-8-3)53-49-43-46(34-9-4)41-47(44-49)35-10-5/h12,32-33,36-39,41-44H,6-11,13-31,34-35,40H2,1-5H3. The lowest BCUT2D eigenvalue weighted by Gasteiger charge is -2.11. The molecule has 0 aliphatic carbocycles. The molecule has 2 heteroatoms. The van der Waals surface area contributed by atoms with Crippen molar-refractivity contribution >= 4 is 28.9 Å². The van der Waals surface area contributed by atoms with Crippen molar-refractivity contribution in [3.05, 3.63) is 77.4 Å². The summed E-state index contributed by atoms with van der Waals surface area (Å²) in [5.41, 5.74) is 8.19. The summed E-state index contributed by atoms with van der Waals surface area (Å²) in [7, 11) is 0. The smallest absolute Gasteiger partial charge is 0.0848 e. The van der Waals surface area contributed by atoms with Gasteiger partial charge in [0.25, 0.3) is 0 Å². The average molecular weight is 723 g/mol. The zero-order valence-electron chi connectivity index (χ0n) is 35.5. The van der Waals surface area contributed by atoms with E-state index in [0.717, 1.165) is 80.6 Å². The molecule has 0 radical (unpaired) electrons. The molecule has 0 atom stereocenters. The van der Waals surface area contributed by atoms with E-state index in [2.05, 4.69) is 101 Å². The molecule has 0 aliphatic heterocycles. The highest BCUT2D eigenvalue weighted by atomic mass is 14.8. The molecular weight excluding hydrogens is 641 g/mol. The molecule has 0 N–H and O–H groups in total. The molecule has 2 rings (SSSR count). The van der Waals surface area contributed by atoms with Crippen molar-refractivity contribution in [2.24, 2.45) is 9.98 Å². The molecule has 0 saturated carbocycles. The van der Waals surface area contributed by atoms with Gasteiger partial charge in [0, 0.05) is 0 Å². The van der Waals surface area contributed by atoms with Crippen molar-refractivity contribution in [2.75, 3.05) is 0 Å². The number of unbranched alkanes of at least 4 members (excludes halogenated alkanes) is 20. The molecule has 0 bridgehead atoms. The molecule has 0 heterocycles. The number of aryl methyl sites for hydroxylation is 2. The Morgan fingerprint density at radius 1 is 0.491 bits per heavy atom. The lowest BCUT2D eigenvalue weighted by Crippen LogP contribution is -2.12. The maximum Gasteiger partial charge on any atom is 0.0848 e. The van der Waals surface area contributed by atoms with Crippen molar-refractivity contribution in [2.45, 2.75) is 214 Å². The van der Waals surface area contributed by atoms with Crippen LogP contribution < -0.4 is 0 Å². The van der Waals surface area contributed by atoms with E-state index in [4.69, 9.17) is 9.98 Å². The molecule has 0 aromatic heterocycles. The largest absolute Gasteiger partial charge is 0.251 e. The monoisotopic (exact) mass is 723 g/mol. The van der Waals surface area contributed by atoms with Crippen LogP contribution in [-0.4, -0.2) is 11.4 Å². The number of benzene rings is 2. The summed E-state index contributed by atoms with van der Waals surface area (Å²) < 4.78 is 0. The lowest BCUT2D eigenvalue weighted by molar-refractivity contribution is 0.523. The van der Waals surface area contributed by atoms with Gasteiger partial charge in [0.15, 0.2) is 0 Å². The van der Waals surface area contributed by atoms with Gasteiger partial charge in [0.05, 0.1) is 22.8 Å². The van der Waals surface area contributed by atoms with Crippen LogP contribution in [0, 0.1) is 0 Å². The number of hydrogen-bond acceptors (Lipinski definition) is 2. The van der Waals surface area contributed by atoms with Crippen molar-refractivity contribution in [3.8, 4) is 0 Å². The van der Waals surface area contributed by atoms with E-state index in [9.17, 15) is 0 Å². The van der Waals surface area contributed by atoms with E-state index in [0.29, 0.717) is 0 Å². The highest BCUT2D eigenvalue weighted by molar-refractivity contribution is 6.47. The maximum atomic E-state index is 5.31. The number of hydrogen-bond donors (Lipinski definition) is 0. The Morgan fingerprint density at radius 3 is 1.53 bits per heavy atom. The summed E-state index contributed by atoms with van der Waals surface area (Å²) in [6.07, 6.45) is 46.0. The molecular formula is C51H82N2. The van der Waals surface area contributed by atoms with Gasteiger partial charge in [0.2, 0.25) is 0 Å². The normalized spacial score (nSPS) is 12.5. The van der Waals surface area contributed by atoms with Gasteiger partial charge in [-0.05, 0) is 92.0 Å². The van der Waals surface area contributed by atoms with E-state index in [1.165, 1.54) is 139 Å². The summed E-state index contributed by atoms with van der Waals surface area (Å²) in [6.45, 7) is 11.3. The summed E-state index contributed by atoms with van der Waals surface area (Å²) in [4.78, 5) is 10.5. The molecule has 0 amide bonds. The zero-order chi connectivity index (χ0) is 38.0. The first-order valence-electron chi connectivity index (χ1n) is 22.9. The van der Waals surface area contributed by atoms with Crippen molar-refractivity contribution in [3.63, 3.8) is 0 Å². The fourth-order valence-corrected chi connectivity index (χ4v) is 7.24. The van der Waals surface area contributed by atoms with Crippen LogP contribution in [0.15, 0.2) is 70.7 Å². The third-order valence-electron chi connectivity index (χ3n) is 10.4. The van der Waals surface area contributed by atoms with E-state index in [1.807, 2.05) is 0 Å². The second kappa shape index (κ2) is 32.7. The average Bonchev–Trinajstić information content (AvgIpc) is 3.16. The summed E-state index contributed by atoms with van der Waals surface area (Å²) >= 11 is 0. The van der Waals surface area contributed by atoms with E-state index in [-0.39, 0.29) is 0 Å². The SMILES string of the molecule is CCC=CC(=Nc1cccc(C=CCCCCCCCCCCCCCCCCCCCCC)c1)C(CCCC)=Nc1cc(CCC)cc(CCC)c1. The molecule has 0 spiro atoms. The fourth-order valence-electron chi connectivity index (χ4n) is 7.24. The quantitative estimate of drug-likeness (QED) is 0.0518. The molecule has 0 aliphatic rings. The number of allylic oxidation sites excluding steroid dienone is 3. The molecule has 2 nitrogen and oxygen atoms in total. The van der Waals surface area contributed by atoms with Crippen LogP contribution in [0.2, 0.25) is 0 Å². The van der Waals surface area contributed by atoms with Gasteiger partial charge < -0.3 is 0 Å². The van der Waals surface area contributed by atoms with Crippen molar-refractivity contribution < 1.29 is 0 Å². The molecule has 2 aromatic rings. The minimum absolute atomic E-state index is 0.934. The molecule has 53 heavy (non-hydrogen) atoms. The zero-order valence-corrected chi connectivity index (χ0v) is 35.5. The summed E-state index contributed by atoms with van der Waals surface area (Å²) in [5.74, 6) is 0. The van der Waals surface area contributed by atoms with Gasteiger partial charge in [-0.1, -0.05) is 206 Å². The van der Waals surface area contributed by atoms with Crippen LogP contribution in [0.1, 0.15) is 218 Å². The Morgan fingerprint density at radius 2 is 1.02 bits per heavy atom. The molecule has 296 valence electrons. The van der Waals surface area contributed by atoms with Crippen molar-refractivity contribution in [1.82, 2.24) is 0 Å². The van der Waals surface area contributed by atoms with Crippen LogP contribution in [0.4, 0.5) is 11.4 Å². The van der Waals surface area contributed by atoms with E-state index >= 15 is 0 Å². The third kappa shape index (κ3) is 23.6. The predicted octanol–water partition coefficient (Wildman–Crippen LogP) is 17.4. The maximum absolute atomic E-state index is 5.31.